The predicted molar refractivity (Wildman–Crippen MR) is 272 cm³/mol. The zero-order valence-corrected chi connectivity index (χ0v) is 40.9. The van der Waals surface area contributed by atoms with Crippen molar-refractivity contribution in [2.45, 2.75) is 107 Å². The van der Waals surface area contributed by atoms with Crippen molar-refractivity contribution in [3.05, 3.63) is 83.1 Å². The number of piperidine rings is 3. The van der Waals surface area contributed by atoms with Crippen LogP contribution in [-0.2, 0) is 16.6 Å². The van der Waals surface area contributed by atoms with Gasteiger partial charge in [-0.25, -0.2) is 8.78 Å². The zero-order valence-electron chi connectivity index (χ0n) is 40.9. The SMILES string of the molecule is C#Cc1c(F)ccc2cc(O)cc(-c3ccc4c(N5CC6CCC(C5)N6)nc(OCC5(CN6CCC7(CC6)CC(N6CCC(c8ccc9c(C%10CCC(=O)NC%10=O)nn(C)c9c8)CC6)C7)CC5)nc4c3F)c12. The third-order valence-corrected chi connectivity index (χ3v) is 18.0. The van der Waals surface area contributed by atoms with Crippen molar-refractivity contribution in [2.24, 2.45) is 17.9 Å². The molecule has 2 saturated carbocycles. The maximum Gasteiger partial charge on any atom is 0.319 e. The summed E-state index contributed by atoms with van der Waals surface area (Å²) in [4.78, 5) is 41.9. The van der Waals surface area contributed by atoms with Gasteiger partial charge in [0.2, 0.25) is 11.8 Å². The van der Waals surface area contributed by atoms with E-state index in [-0.39, 0.29) is 45.6 Å². The fourth-order valence-corrected chi connectivity index (χ4v) is 13.8. The van der Waals surface area contributed by atoms with E-state index in [9.17, 15) is 14.7 Å². The molecule has 1 spiro atoms. The molecule has 72 heavy (non-hydrogen) atoms. The molecule has 7 aliphatic rings. The summed E-state index contributed by atoms with van der Waals surface area (Å²) in [6.07, 6.45) is 18.2. The number of nitrogens with zero attached hydrogens (tertiary/aromatic N) is 7. The number of aryl methyl sites for hydroxylation is 1. The molecule has 0 radical (unpaired) electrons. The van der Waals surface area contributed by atoms with Gasteiger partial charge in [0.15, 0.2) is 5.82 Å². The van der Waals surface area contributed by atoms with Gasteiger partial charge in [-0.05, 0) is 155 Å². The van der Waals surface area contributed by atoms with Gasteiger partial charge in [-0.15, -0.1) is 6.42 Å². The highest BCUT2D eigenvalue weighted by molar-refractivity contribution is 6.04. The number of aromatic hydroxyl groups is 1. The minimum absolute atomic E-state index is 0.00267. The lowest BCUT2D eigenvalue weighted by Gasteiger charge is -2.56. The highest BCUT2D eigenvalue weighted by Crippen LogP contribution is 2.54. The second-order valence-corrected chi connectivity index (χ2v) is 22.6. The molecule has 3 N–H and O–H groups in total. The number of rotatable bonds is 10. The topological polar surface area (TPSA) is 141 Å². The number of carbonyl (C=O) groups is 2. The van der Waals surface area contributed by atoms with Crippen LogP contribution in [0.25, 0.3) is 43.7 Å². The molecule has 5 saturated heterocycles. The summed E-state index contributed by atoms with van der Waals surface area (Å²) in [6.45, 7) is 7.30. The molecule has 2 aliphatic carbocycles. The van der Waals surface area contributed by atoms with Crippen LogP contribution in [-0.4, -0.2) is 117 Å². The van der Waals surface area contributed by atoms with Crippen LogP contribution in [0.3, 0.4) is 0 Å². The van der Waals surface area contributed by atoms with Gasteiger partial charge in [0.1, 0.15) is 22.9 Å². The van der Waals surface area contributed by atoms with Crippen molar-refractivity contribution < 1.29 is 28.2 Å². The van der Waals surface area contributed by atoms with Crippen LogP contribution in [0.5, 0.6) is 11.8 Å². The molecule has 2 amide bonds. The van der Waals surface area contributed by atoms with Crippen LogP contribution in [0.2, 0.25) is 0 Å². The van der Waals surface area contributed by atoms with E-state index >= 15 is 8.78 Å². The number of ether oxygens (including phenoxy) is 1. The Hall–Kier alpha value is -6.21. The summed E-state index contributed by atoms with van der Waals surface area (Å²) in [7, 11) is 1.94. The number of phenols is 1. The molecule has 2 bridgehead atoms. The lowest BCUT2D eigenvalue weighted by atomic mass is 9.59. The number of halogens is 2. The van der Waals surface area contributed by atoms with Crippen molar-refractivity contribution in [1.29, 1.82) is 0 Å². The number of anilines is 1. The van der Waals surface area contributed by atoms with E-state index in [1.165, 1.54) is 49.4 Å². The number of amides is 2. The number of nitrogens with one attached hydrogen (secondary N) is 2. The standard InChI is InChI=1S/C57H61F2N9O4/c1-3-40-46(58)12-5-35-24-39(69)26-45(49(35)40)41-9-10-43-52(50(41)59)62-55(63-53(43)68-29-36-6-7-37(30-68)60-36)72-32-57(16-17-57)31-66-22-18-56(19-23-66)27-38(28-56)67-20-14-33(15-21-67)34-4-8-42-47(25-34)65(2)64-51(42)44-11-13-48(70)61-54(44)71/h1,4-5,8-10,12,24-26,33,36-38,44,60,69H,6-7,11,13-23,27-32H2,2H3,(H,61,70,71). The van der Waals surface area contributed by atoms with E-state index in [0.717, 1.165) is 101 Å². The lowest BCUT2D eigenvalue weighted by molar-refractivity contribution is -0.134. The lowest BCUT2D eigenvalue weighted by Crippen LogP contribution is -2.56. The molecule has 2 aromatic heterocycles. The number of carbonyl (C=O) groups excluding carboxylic acids is 2. The average Bonchev–Trinajstić information content (AvgIpc) is 3.95. The highest BCUT2D eigenvalue weighted by atomic mass is 19.1. The first kappa shape index (κ1) is 45.6. The summed E-state index contributed by atoms with van der Waals surface area (Å²) >= 11 is 0. The number of aromatic nitrogens is 4. The molecular formula is C57H61F2N9O4. The average molecular weight is 974 g/mol. The molecular weight excluding hydrogens is 913 g/mol. The molecule has 6 aromatic rings. The molecule has 7 heterocycles. The number of terminal acetylenes is 1. The van der Waals surface area contributed by atoms with Gasteiger partial charge in [0, 0.05) is 78.4 Å². The van der Waals surface area contributed by atoms with Gasteiger partial charge in [-0.3, -0.25) is 19.6 Å². The second kappa shape index (κ2) is 17.5. The summed E-state index contributed by atoms with van der Waals surface area (Å²) in [5, 5.41) is 24.1. The van der Waals surface area contributed by atoms with Crippen molar-refractivity contribution >= 4 is 50.2 Å². The van der Waals surface area contributed by atoms with Gasteiger partial charge in [0.25, 0.3) is 0 Å². The van der Waals surface area contributed by atoms with Crippen LogP contribution in [0.15, 0.2) is 54.6 Å². The number of phenolic OH excluding ortho intramolecular Hbond substituents is 1. The van der Waals surface area contributed by atoms with Crippen LogP contribution < -0.4 is 20.3 Å². The number of benzene rings is 4. The first-order valence-corrected chi connectivity index (χ1v) is 26.2. The fourth-order valence-electron chi connectivity index (χ4n) is 13.8. The number of piperazine rings is 1. The molecule has 3 atom stereocenters. The van der Waals surface area contributed by atoms with E-state index in [1.54, 1.807) is 12.1 Å². The molecule has 3 unspecified atom stereocenters. The number of hydrogen-bond acceptors (Lipinski definition) is 11. The molecule has 7 fully saturated rings. The number of fused-ring (bicyclic) bond motifs is 5. The summed E-state index contributed by atoms with van der Waals surface area (Å²) < 4.78 is 40.8. The van der Waals surface area contributed by atoms with Gasteiger partial charge >= 0.3 is 6.01 Å². The first-order valence-electron chi connectivity index (χ1n) is 26.2. The molecule has 372 valence electrons. The van der Waals surface area contributed by atoms with Crippen molar-refractivity contribution in [1.82, 2.24) is 40.2 Å². The van der Waals surface area contributed by atoms with E-state index < -0.39 is 17.6 Å². The van der Waals surface area contributed by atoms with E-state index in [2.05, 4.69) is 49.5 Å². The quantitative estimate of drug-likeness (QED) is 0.0908. The Balaban J connectivity index is 0.652. The predicted octanol–water partition coefficient (Wildman–Crippen LogP) is 8.05. The maximum atomic E-state index is 17.2. The van der Waals surface area contributed by atoms with Crippen LogP contribution in [0, 0.1) is 34.8 Å². The first-order chi connectivity index (χ1) is 34.9. The third kappa shape index (κ3) is 8.05. The van der Waals surface area contributed by atoms with Crippen LogP contribution >= 0.6 is 0 Å². The van der Waals surface area contributed by atoms with E-state index in [1.807, 2.05) is 17.8 Å². The largest absolute Gasteiger partial charge is 0.508 e. The Kier molecular flexibility index (Phi) is 11.1. The van der Waals surface area contributed by atoms with Gasteiger partial charge in [0.05, 0.1) is 29.3 Å². The molecule has 15 heteroatoms. The second-order valence-electron chi connectivity index (χ2n) is 22.6. The minimum atomic E-state index is -0.604. The molecule has 4 aromatic carbocycles. The summed E-state index contributed by atoms with van der Waals surface area (Å²) in [5.74, 6) is 1.47. The Morgan fingerprint density at radius 1 is 0.875 bits per heavy atom. The summed E-state index contributed by atoms with van der Waals surface area (Å²) in [5.41, 5.74) is 4.16. The Morgan fingerprint density at radius 2 is 1.64 bits per heavy atom. The van der Waals surface area contributed by atoms with E-state index in [0.29, 0.717) is 76.4 Å². The van der Waals surface area contributed by atoms with Gasteiger partial charge in [-0.1, -0.05) is 30.2 Å². The van der Waals surface area contributed by atoms with Crippen LogP contribution in [0.4, 0.5) is 14.6 Å². The minimum Gasteiger partial charge on any atom is -0.508 e. The van der Waals surface area contributed by atoms with Gasteiger partial charge in [-0.2, -0.15) is 15.1 Å². The molecule has 13 rings (SSSR count). The fraction of sp³-hybridized carbons (Fsp3) is 0.491. The number of likely N-dealkylation sites (tertiary alicyclic amines) is 2. The van der Waals surface area contributed by atoms with Crippen LogP contribution in [0.1, 0.15) is 106 Å². The summed E-state index contributed by atoms with van der Waals surface area (Å²) in [6, 6.07) is 17.3. The monoisotopic (exact) mass is 973 g/mol. The maximum absolute atomic E-state index is 17.2. The zero-order chi connectivity index (χ0) is 49.0. The smallest absolute Gasteiger partial charge is 0.319 e. The molecule has 5 aliphatic heterocycles. The normalized spacial score (nSPS) is 24.5. The Bertz CT molecular complexity index is 3220. The highest BCUT2D eigenvalue weighted by Gasteiger charge is 2.51. The number of hydrogen-bond donors (Lipinski definition) is 3. The van der Waals surface area contributed by atoms with Crippen molar-refractivity contribution in [2.75, 3.05) is 57.3 Å². The van der Waals surface area contributed by atoms with Crippen molar-refractivity contribution in [3.8, 4) is 35.2 Å². The number of imide groups is 1. The molecule has 13 nitrogen and oxygen atoms in total. The van der Waals surface area contributed by atoms with Gasteiger partial charge < -0.3 is 29.9 Å². The Labute approximate surface area is 417 Å². The Morgan fingerprint density at radius 3 is 2.38 bits per heavy atom. The van der Waals surface area contributed by atoms with E-state index in [4.69, 9.17) is 26.2 Å². The third-order valence-electron chi connectivity index (χ3n) is 18.0. The van der Waals surface area contributed by atoms with Crippen molar-refractivity contribution in [3.63, 3.8) is 0 Å².